The molecule has 0 saturated carbocycles. The van der Waals surface area contributed by atoms with Gasteiger partial charge in [-0.3, -0.25) is 0 Å². The Balaban J connectivity index is 1.76. The van der Waals surface area contributed by atoms with Crippen LogP contribution in [0.2, 0.25) is 0 Å². The van der Waals surface area contributed by atoms with Crippen LogP contribution in [0.4, 0.5) is 0 Å². The van der Waals surface area contributed by atoms with Crippen LogP contribution < -0.4 is 5.32 Å². The maximum Gasteiger partial charge on any atom is 0.0935 e. The Hall–Kier alpha value is -0.800. The zero-order chi connectivity index (χ0) is 12.6. The molecule has 3 heteroatoms. The molecule has 1 aromatic heterocycles. The summed E-state index contributed by atoms with van der Waals surface area (Å²) in [6.45, 7) is 4.26. The Morgan fingerprint density at radius 1 is 1.50 bits per heavy atom. The Labute approximate surface area is 110 Å². The molecule has 3 nitrogen and oxygen atoms in total. The van der Waals surface area contributed by atoms with Crippen LogP contribution >= 0.6 is 0 Å². The van der Waals surface area contributed by atoms with Crippen LogP contribution in [0.25, 0.3) is 0 Å². The van der Waals surface area contributed by atoms with Crippen molar-refractivity contribution in [2.45, 2.75) is 57.6 Å². The lowest BCUT2D eigenvalue weighted by atomic mass is 10.0. The summed E-state index contributed by atoms with van der Waals surface area (Å²) >= 11 is 0. The number of rotatable bonds is 8. The third-order valence-electron chi connectivity index (χ3n) is 3.61. The average Bonchev–Trinajstić information content (AvgIpc) is 3.05. The fourth-order valence-corrected chi connectivity index (χ4v) is 2.58. The standard InChI is InChI=1S/C15H25NO2/c1-2-8-16-14(11-13-7-10-17-12-13)5-6-15-4-3-9-18-15/h7,10,12,14-16H,2-6,8-9,11H2,1H3. The first-order chi connectivity index (χ1) is 8.88. The third kappa shape index (κ3) is 4.46. The maximum absolute atomic E-state index is 5.70. The molecule has 2 atom stereocenters. The highest BCUT2D eigenvalue weighted by molar-refractivity contribution is 5.07. The molecule has 0 spiro atoms. The summed E-state index contributed by atoms with van der Waals surface area (Å²) in [6, 6.07) is 2.61. The summed E-state index contributed by atoms with van der Waals surface area (Å²) in [5, 5.41) is 3.63. The third-order valence-corrected chi connectivity index (χ3v) is 3.61. The maximum atomic E-state index is 5.70. The molecule has 1 fully saturated rings. The minimum absolute atomic E-state index is 0.500. The second-order valence-electron chi connectivity index (χ2n) is 5.20. The topological polar surface area (TPSA) is 34.4 Å². The van der Waals surface area contributed by atoms with Gasteiger partial charge in [0.25, 0.3) is 0 Å². The van der Waals surface area contributed by atoms with Gasteiger partial charge in [0.05, 0.1) is 18.6 Å². The highest BCUT2D eigenvalue weighted by Gasteiger charge is 2.18. The van der Waals surface area contributed by atoms with Crippen molar-refractivity contribution >= 4 is 0 Å². The molecule has 1 saturated heterocycles. The molecule has 0 bridgehead atoms. The molecule has 1 aliphatic heterocycles. The second kappa shape index (κ2) is 7.59. The van der Waals surface area contributed by atoms with Gasteiger partial charge in [0, 0.05) is 12.6 Å². The summed E-state index contributed by atoms with van der Waals surface area (Å²) < 4.78 is 10.8. The van der Waals surface area contributed by atoms with Crippen LogP contribution in [0.5, 0.6) is 0 Å². The van der Waals surface area contributed by atoms with Gasteiger partial charge in [-0.25, -0.2) is 0 Å². The predicted octanol–water partition coefficient (Wildman–Crippen LogP) is 3.15. The van der Waals surface area contributed by atoms with Crippen LogP contribution in [0.15, 0.2) is 23.0 Å². The molecular weight excluding hydrogens is 226 g/mol. The average molecular weight is 251 g/mol. The van der Waals surface area contributed by atoms with E-state index in [1.54, 1.807) is 6.26 Å². The highest BCUT2D eigenvalue weighted by atomic mass is 16.5. The summed E-state index contributed by atoms with van der Waals surface area (Å²) in [6.07, 6.45) is 11.2. The SMILES string of the molecule is CCCNC(CCC1CCCO1)Cc1ccoc1. The minimum Gasteiger partial charge on any atom is -0.472 e. The van der Waals surface area contributed by atoms with Crippen molar-refractivity contribution in [1.82, 2.24) is 5.32 Å². The van der Waals surface area contributed by atoms with E-state index in [2.05, 4.69) is 18.3 Å². The van der Waals surface area contributed by atoms with E-state index in [9.17, 15) is 0 Å². The van der Waals surface area contributed by atoms with Gasteiger partial charge in [0.2, 0.25) is 0 Å². The van der Waals surface area contributed by atoms with Crippen molar-refractivity contribution < 1.29 is 9.15 Å². The van der Waals surface area contributed by atoms with E-state index in [-0.39, 0.29) is 0 Å². The van der Waals surface area contributed by atoms with Crippen molar-refractivity contribution in [3.63, 3.8) is 0 Å². The quantitative estimate of drug-likeness (QED) is 0.770. The van der Waals surface area contributed by atoms with Crippen LogP contribution in [-0.2, 0) is 11.2 Å². The molecule has 102 valence electrons. The molecule has 2 heterocycles. The summed E-state index contributed by atoms with van der Waals surface area (Å²) in [4.78, 5) is 0. The van der Waals surface area contributed by atoms with Gasteiger partial charge in [-0.1, -0.05) is 6.92 Å². The molecule has 2 rings (SSSR count). The first kappa shape index (κ1) is 13.6. The van der Waals surface area contributed by atoms with Gasteiger partial charge < -0.3 is 14.5 Å². The zero-order valence-corrected chi connectivity index (χ0v) is 11.4. The summed E-state index contributed by atoms with van der Waals surface area (Å²) in [7, 11) is 0. The van der Waals surface area contributed by atoms with Crippen LogP contribution in [0.3, 0.4) is 0 Å². The van der Waals surface area contributed by atoms with E-state index in [1.165, 1.54) is 37.7 Å². The molecule has 0 radical (unpaired) electrons. The lowest BCUT2D eigenvalue weighted by molar-refractivity contribution is 0.0995. The lowest BCUT2D eigenvalue weighted by Crippen LogP contribution is -2.32. The molecule has 1 N–H and O–H groups in total. The van der Waals surface area contributed by atoms with Crippen molar-refractivity contribution in [2.75, 3.05) is 13.2 Å². The van der Waals surface area contributed by atoms with Crippen molar-refractivity contribution in [2.24, 2.45) is 0 Å². The van der Waals surface area contributed by atoms with E-state index in [0.717, 1.165) is 19.6 Å². The molecule has 0 aliphatic carbocycles. The Kier molecular flexibility index (Phi) is 5.75. The molecule has 0 amide bonds. The van der Waals surface area contributed by atoms with Crippen molar-refractivity contribution in [1.29, 1.82) is 0 Å². The predicted molar refractivity (Wildman–Crippen MR) is 72.7 cm³/mol. The molecule has 18 heavy (non-hydrogen) atoms. The number of furan rings is 1. The fourth-order valence-electron chi connectivity index (χ4n) is 2.58. The summed E-state index contributed by atoms with van der Waals surface area (Å²) in [5.74, 6) is 0. The van der Waals surface area contributed by atoms with E-state index >= 15 is 0 Å². The van der Waals surface area contributed by atoms with Crippen molar-refractivity contribution in [3.8, 4) is 0 Å². The minimum atomic E-state index is 0.500. The van der Waals surface area contributed by atoms with Gasteiger partial charge in [-0.05, 0) is 56.7 Å². The van der Waals surface area contributed by atoms with Gasteiger partial charge in [-0.2, -0.15) is 0 Å². The van der Waals surface area contributed by atoms with Crippen LogP contribution in [0.1, 0.15) is 44.6 Å². The largest absolute Gasteiger partial charge is 0.472 e. The molecule has 1 aliphatic rings. The van der Waals surface area contributed by atoms with E-state index in [1.807, 2.05) is 6.26 Å². The normalized spacial score (nSPS) is 21.3. The first-order valence-electron chi connectivity index (χ1n) is 7.24. The fraction of sp³-hybridized carbons (Fsp3) is 0.733. The first-order valence-corrected chi connectivity index (χ1v) is 7.24. The monoisotopic (exact) mass is 251 g/mol. The highest BCUT2D eigenvalue weighted by Crippen LogP contribution is 2.19. The molecule has 1 aromatic rings. The van der Waals surface area contributed by atoms with Gasteiger partial charge in [-0.15, -0.1) is 0 Å². The van der Waals surface area contributed by atoms with E-state index < -0.39 is 0 Å². The Bertz CT molecular complexity index is 304. The number of hydrogen-bond donors (Lipinski definition) is 1. The van der Waals surface area contributed by atoms with Gasteiger partial charge in [0.15, 0.2) is 0 Å². The Morgan fingerprint density at radius 3 is 3.11 bits per heavy atom. The number of nitrogens with one attached hydrogen (secondary N) is 1. The van der Waals surface area contributed by atoms with Gasteiger partial charge >= 0.3 is 0 Å². The number of ether oxygens (including phenoxy) is 1. The van der Waals surface area contributed by atoms with Crippen molar-refractivity contribution in [3.05, 3.63) is 24.2 Å². The lowest BCUT2D eigenvalue weighted by Gasteiger charge is -2.19. The molecule has 0 aromatic carbocycles. The smallest absolute Gasteiger partial charge is 0.0935 e. The van der Waals surface area contributed by atoms with E-state index in [0.29, 0.717) is 12.1 Å². The summed E-state index contributed by atoms with van der Waals surface area (Å²) in [5.41, 5.74) is 1.29. The number of hydrogen-bond acceptors (Lipinski definition) is 3. The van der Waals surface area contributed by atoms with E-state index in [4.69, 9.17) is 9.15 Å². The molecular formula is C15H25NO2. The van der Waals surface area contributed by atoms with Crippen LogP contribution in [-0.4, -0.2) is 25.3 Å². The van der Waals surface area contributed by atoms with Gasteiger partial charge in [0.1, 0.15) is 0 Å². The van der Waals surface area contributed by atoms with Crippen LogP contribution in [0, 0.1) is 0 Å². The Morgan fingerprint density at radius 2 is 2.44 bits per heavy atom. The zero-order valence-electron chi connectivity index (χ0n) is 11.4. The second-order valence-corrected chi connectivity index (χ2v) is 5.20. The molecule has 2 unspecified atom stereocenters.